The minimum absolute atomic E-state index is 0.101. The fraction of sp³-hybridized carbons (Fsp3) is 1.00. The molecule has 1 aliphatic heterocycles. The molecule has 0 aromatic rings. The lowest BCUT2D eigenvalue weighted by Crippen LogP contribution is -2.39. The maximum atomic E-state index is 5.68. The van der Waals surface area contributed by atoms with Crippen LogP contribution in [0.5, 0.6) is 0 Å². The van der Waals surface area contributed by atoms with Crippen LogP contribution in [0.15, 0.2) is 0 Å². The summed E-state index contributed by atoms with van der Waals surface area (Å²) < 4.78 is 5.68. The smallest absolute Gasteiger partial charge is 0.0630 e. The molecule has 0 amide bonds. The average Bonchev–Trinajstić information content (AvgIpc) is 2.24. The molecule has 2 nitrogen and oxygen atoms in total. The summed E-state index contributed by atoms with van der Waals surface area (Å²) in [6.45, 7) is 12.9. The van der Waals surface area contributed by atoms with Crippen LogP contribution in [0.2, 0.25) is 0 Å². The first-order valence-corrected chi connectivity index (χ1v) is 5.17. The zero-order valence-electron chi connectivity index (χ0n) is 9.61. The van der Waals surface area contributed by atoms with Gasteiger partial charge in [-0.2, -0.15) is 0 Å². The highest BCUT2D eigenvalue weighted by atomic mass is 16.5. The van der Waals surface area contributed by atoms with E-state index in [1.807, 2.05) is 0 Å². The Morgan fingerprint density at radius 1 is 1.38 bits per heavy atom. The fourth-order valence-electron chi connectivity index (χ4n) is 1.74. The number of rotatable bonds is 2. The second-order valence-electron chi connectivity index (χ2n) is 5.77. The zero-order valence-corrected chi connectivity index (χ0v) is 9.61. The molecule has 0 aromatic heterocycles. The van der Waals surface area contributed by atoms with Gasteiger partial charge in [-0.3, -0.25) is 0 Å². The molecular weight excluding hydrogens is 162 g/mol. The summed E-state index contributed by atoms with van der Waals surface area (Å²) in [7, 11) is 0. The Kier molecular flexibility index (Phi) is 3.03. The first kappa shape index (κ1) is 11.0. The van der Waals surface area contributed by atoms with Crippen molar-refractivity contribution in [3.05, 3.63) is 0 Å². The molecule has 2 heteroatoms. The summed E-state index contributed by atoms with van der Waals surface area (Å²) in [5.74, 6) is 0.689. The standard InChI is InChI=1S/C11H23NO/c1-10(2,3)12-7-9-6-11(4,5)13-8-9/h9,12H,6-8H2,1-5H3/t9-/m0/s1. The molecule has 1 aliphatic rings. The van der Waals surface area contributed by atoms with E-state index in [4.69, 9.17) is 4.74 Å². The van der Waals surface area contributed by atoms with E-state index in [1.165, 1.54) is 6.42 Å². The highest BCUT2D eigenvalue weighted by Crippen LogP contribution is 2.28. The van der Waals surface area contributed by atoms with E-state index in [0.717, 1.165) is 13.2 Å². The van der Waals surface area contributed by atoms with Crippen molar-refractivity contribution in [3.8, 4) is 0 Å². The van der Waals surface area contributed by atoms with Gasteiger partial charge in [0.05, 0.1) is 12.2 Å². The summed E-state index contributed by atoms with van der Waals surface area (Å²) in [6, 6.07) is 0. The van der Waals surface area contributed by atoms with Gasteiger partial charge in [0.25, 0.3) is 0 Å². The lowest BCUT2D eigenvalue weighted by atomic mass is 9.97. The molecule has 78 valence electrons. The van der Waals surface area contributed by atoms with Crippen LogP contribution in [0, 0.1) is 5.92 Å². The maximum absolute atomic E-state index is 5.68. The van der Waals surface area contributed by atoms with E-state index in [0.29, 0.717) is 5.92 Å². The summed E-state index contributed by atoms with van der Waals surface area (Å²) in [5, 5.41) is 3.52. The Bertz CT molecular complexity index is 169. The first-order valence-electron chi connectivity index (χ1n) is 5.17. The molecule has 0 saturated carbocycles. The van der Waals surface area contributed by atoms with Crippen LogP contribution >= 0.6 is 0 Å². The van der Waals surface area contributed by atoms with Crippen LogP contribution in [0.3, 0.4) is 0 Å². The molecule has 1 fully saturated rings. The Balaban J connectivity index is 2.25. The number of nitrogens with one attached hydrogen (secondary N) is 1. The van der Waals surface area contributed by atoms with Crippen LogP contribution in [0.4, 0.5) is 0 Å². The SMILES string of the molecule is CC(C)(C)NC[C@H]1COC(C)(C)C1. The second kappa shape index (κ2) is 3.58. The van der Waals surface area contributed by atoms with Crippen molar-refractivity contribution in [1.82, 2.24) is 5.32 Å². The van der Waals surface area contributed by atoms with Crippen LogP contribution < -0.4 is 5.32 Å². The molecule has 1 rings (SSSR count). The fourth-order valence-corrected chi connectivity index (χ4v) is 1.74. The Labute approximate surface area is 82.0 Å². The van der Waals surface area contributed by atoms with Crippen molar-refractivity contribution in [3.63, 3.8) is 0 Å². The van der Waals surface area contributed by atoms with Gasteiger partial charge in [0, 0.05) is 12.1 Å². The average molecular weight is 185 g/mol. The van der Waals surface area contributed by atoms with E-state index in [9.17, 15) is 0 Å². The molecule has 1 atom stereocenters. The third kappa shape index (κ3) is 4.10. The van der Waals surface area contributed by atoms with Gasteiger partial charge in [0.15, 0.2) is 0 Å². The molecule has 0 unspecified atom stereocenters. The quantitative estimate of drug-likeness (QED) is 0.712. The molecule has 0 bridgehead atoms. The second-order valence-corrected chi connectivity index (χ2v) is 5.77. The molecule has 13 heavy (non-hydrogen) atoms. The van der Waals surface area contributed by atoms with Gasteiger partial charge in [0.2, 0.25) is 0 Å². The van der Waals surface area contributed by atoms with Crippen molar-refractivity contribution in [1.29, 1.82) is 0 Å². The minimum atomic E-state index is 0.101. The lowest BCUT2D eigenvalue weighted by molar-refractivity contribution is 0.0349. The molecule has 1 heterocycles. The summed E-state index contributed by atoms with van der Waals surface area (Å²) in [6.07, 6.45) is 1.18. The van der Waals surface area contributed by atoms with Crippen molar-refractivity contribution in [2.24, 2.45) is 5.92 Å². The topological polar surface area (TPSA) is 21.3 Å². The summed E-state index contributed by atoms with van der Waals surface area (Å²) in [5.41, 5.74) is 0.330. The number of hydrogen-bond donors (Lipinski definition) is 1. The van der Waals surface area contributed by atoms with E-state index in [1.54, 1.807) is 0 Å². The molecule has 1 saturated heterocycles. The van der Waals surface area contributed by atoms with Crippen molar-refractivity contribution in [2.45, 2.75) is 52.2 Å². The van der Waals surface area contributed by atoms with Crippen molar-refractivity contribution < 1.29 is 4.74 Å². The van der Waals surface area contributed by atoms with Crippen LogP contribution in [0.25, 0.3) is 0 Å². The van der Waals surface area contributed by atoms with Gasteiger partial charge < -0.3 is 10.1 Å². The molecule has 0 aliphatic carbocycles. The van der Waals surface area contributed by atoms with Gasteiger partial charge in [-0.1, -0.05) is 0 Å². The predicted octanol–water partition coefficient (Wildman–Crippen LogP) is 2.19. The molecule has 1 N–H and O–H groups in total. The summed E-state index contributed by atoms with van der Waals surface area (Å²) >= 11 is 0. The third-order valence-corrected chi connectivity index (χ3v) is 2.41. The minimum Gasteiger partial charge on any atom is -0.375 e. The largest absolute Gasteiger partial charge is 0.375 e. The van der Waals surface area contributed by atoms with Crippen LogP contribution in [-0.2, 0) is 4.74 Å². The molecule has 0 aromatic carbocycles. The van der Waals surface area contributed by atoms with Crippen molar-refractivity contribution in [2.75, 3.05) is 13.2 Å². The van der Waals surface area contributed by atoms with Crippen LogP contribution in [-0.4, -0.2) is 24.3 Å². The summed E-state index contributed by atoms with van der Waals surface area (Å²) in [4.78, 5) is 0. The van der Waals surface area contributed by atoms with E-state index >= 15 is 0 Å². The molecule has 0 spiro atoms. The Morgan fingerprint density at radius 3 is 2.38 bits per heavy atom. The van der Waals surface area contributed by atoms with E-state index in [2.05, 4.69) is 39.9 Å². The van der Waals surface area contributed by atoms with Gasteiger partial charge >= 0.3 is 0 Å². The number of ether oxygens (including phenoxy) is 1. The number of hydrogen-bond acceptors (Lipinski definition) is 2. The van der Waals surface area contributed by atoms with E-state index in [-0.39, 0.29) is 11.1 Å². The highest BCUT2D eigenvalue weighted by molar-refractivity contribution is 4.83. The monoisotopic (exact) mass is 185 g/mol. The zero-order chi connectivity index (χ0) is 10.1. The van der Waals surface area contributed by atoms with E-state index < -0.39 is 0 Å². The predicted molar refractivity (Wildman–Crippen MR) is 55.9 cm³/mol. The van der Waals surface area contributed by atoms with Gasteiger partial charge in [-0.25, -0.2) is 0 Å². The lowest BCUT2D eigenvalue weighted by Gasteiger charge is -2.23. The highest BCUT2D eigenvalue weighted by Gasteiger charge is 2.32. The van der Waals surface area contributed by atoms with Crippen LogP contribution in [0.1, 0.15) is 41.0 Å². The first-order chi connectivity index (χ1) is 5.79. The Morgan fingerprint density at radius 2 is 2.00 bits per heavy atom. The molecule has 0 radical (unpaired) electrons. The third-order valence-electron chi connectivity index (χ3n) is 2.41. The van der Waals surface area contributed by atoms with Gasteiger partial charge in [-0.05, 0) is 47.0 Å². The Hall–Kier alpha value is -0.0800. The van der Waals surface area contributed by atoms with Crippen molar-refractivity contribution >= 4 is 0 Å². The maximum Gasteiger partial charge on any atom is 0.0630 e. The van der Waals surface area contributed by atoms with Gasteiger partial charge in [0.1, 0.15) is 0 Å². The van der Waals surface area contributed by atoms with Gasteiger partial charge in [-0.15, -0.1) is 0 Å². The normalized spacial score (nSPS) is 27.9. The molecular formula is C11H23NO.